The van der Waals surface area contributed by atoms with Crippen LogP contribution in [0.15, 0.2) is 18.2 Å². The number of phenols is 1. The quantitative estimate of drug-likeness (QED) is 0.836. The van der Waals surface area contributed by atoms with E-state index in [4.69, 9.17) is 11.6 Å². The van der Waals surface area contributed by atoms with Gasteiger partial charge in [-0.1, -0.05) is 18.5 Å². The van der Waals surface area contributed by atoms with Crippen LogP contribution >= 0.6 is 11.6 Å². The van der Waals surface area contributed by atoms with E-state index in [0.29, 0.717) is 16.5 Å². The van der Waals surface area contributed by atoms with E-state index in [2.05, 4.69) is 6.92 Å². The highest BCUT2D eigenvalue weighted by atomic mass is 35.5. The van der Waals surface area contributed by atoms with Gasteiger partial charge in [0.2, 0.25) is 0 Å². The number of rotatable bonds is 1. The first-order chi connectivity index (χ1) is 8.08. The molecule has 3 nitrogen and oxygen atoms in total. The van der Waals surface area contributed by atoms with Crippen molar-refractivity contribution in [1.82, 2.24) is 4.90 Å². The smallest absolute Gasteiger partial charge is 0.257 e. The molecule has 1 heterocycles. The van der Waals surface area contributed by atoms with Gasteiger partial charge in [-0.25, -0.2) is 0 Å². The Morgan fingerprint density at radius 3 is 3.00 bits per heavy atom. The maximum atomic E-state index is 12.2. The van der Waals surface area contributed by atoms with Gasteiger partial charge in [-0.2, -0.15) is 0 Å². The molecule has 17 heavy (non-hydrogen) atoms. The molecule has 0 aromatic heterocycles. The molecule has 0 saturated carbocycles. The minimum absolute atomic E-state index is 0.00220. The van der Waals surface area contributed by atoms with Gasteiger partial charge in [0, 0.05) is 18.1 Å². The first-order valence-electron chi connectivity index (χ1n) is 5.85. The maximum absolute atomic E-state index is 12.2. The lowest BCUT2D eigenvalue weighted by Gasteiger charge is -2.31. The Kier molecular flexibility index (Phi) is 3.57. The third kappa shape index (κ3) is 2.72. The van der Waals surface area contributed by atoms with Crippen LogP contribution < -0.4 is 0 Å². The summed E-state index contributed by atoms with van der Waals surface area (Å²) in [5.74, 6) is 0.392. The zero-order chi connectivity index (χ0) is 12.4. The number of halogens is 1. The standard InChI is InChI=1S/C13H16ClNO2/c1-9-3-2-6-15(8-9)13(17)11-7-10(14)4-5-12(11)16/h4-5,7,9,16H,2-3,6,8H2,1H3/t9-/m0/s1. The van der Waals surface area contributed by atoms with Crippen LogP contribution in [0.2, 0.25) is 5.02 Å². The molecular weight excluding hydrogens is 238 g/mol. The normalized spacial score (nSPS) is 20.4. The van der Waals surface area contributed by atoms with Crippen LogP contribution in [0.3, 0.4) is 0 Å². The average molecular weight is 254 g/mol. The summed E-state index contributed by atoms with van der Waals surface area (Å²) >= 11 is 5.85. The number of hydrogen-bond donors (Lipinski definition) is 1. The van der Waals surface area contributed by atoms with Crippen LogP contribution in [-0.2, 0) is 0 Å². The predicted molar refractivity (Wildman–Crippen MR) is 67.4 cm³/mol. The van der Waals surface area contributed by atoms with Crippen LogP contribution in [0.1, 0.15) is 30.1 Å². The molecule has 1 saturated heterocycles. The first kappa shape index (κ1) is 12.2. The summed E-state index contributed by atoms with van der Waals surface area (Å²) in [4.78, 5) is 14.0. The van der Waals surface area contributed by atoms with Crippen LogP contribution in [0.4, 0.5) is 0 Å². The largest absolute Gasteiger partial charge is 0.507 e. The van der Waals surface area contributed by atoms with Crippen LogP contribution in [0.5, 0.6) is 5.75 Å². The molecule has 1 aliphatic heterocycles. The predicted octanol–water partition coefficient (Wildman–Crippen LogP) is 2.92. The number of amides is 1. The van der Waals surface area contributed by atoms with E-state index in [1.807, 2.05) is 0 Å². The monoisotopic (exact) mass is 253 g/mol. The molecule has 0 bridgehead atoms. The van der Waals surface area contributed by atoms with Crippen molar-refractivity contribution >= 4 is 17.5 Å². The van der Waals surface area contributed by atoms with Crippen molar-refractivity contribution in [2.45, 2.75) is 19.8 Å². The molecule has 0 radical (unpaired) electrons. The van der Waals surface area contributed by atoms with E-state index >= 15 is 0 Å². The van der Waals surface area contributed by atoms with Crippen LogP contribution in [0.25, 0.3) is 0 Å². The minimum atomic E-state index is -0.128. The second kappa shape index (κ2) is 4.96. The molecule has 1 N–H and O–H groups in total. The van der Waals surface area contributed by atoms with Gasteiger partial charge in [-0.3, -0.25) is 4.79 Å². The number of carbonyl (C=O) groups excluding carboxylic acids is 1. The van der Waals surface area contributed by atoms with E-state index in [1.165, 1.54) is 12.1 Å². The third-order valence-electron chi connectivity index (χ3n) is 3.13. The van der Waals surface area contributed by atoms with Gasteiger partial charge in [0.05, 0.1) is 5.56 Å². The Balaban J connectivity index is 2.21. The highest BCUT2D eigenvalue weighted by Gasteiger charge is 2.23. The molecule has 2 rings (SSSR count). The fraction of sp³-hybridized carbons (Fsp3) is 0.462. The summed E-state index contributed by atoms with van der Waals surface area (Å²) in [6, 6.07) is 4.56. The number of piperidine rings is 1. The van der Waals surface area contributed by atoms with Gasteiger partial charge in [0.1, 0.15) is 5.75 Å². The molecule has 1 aromatic carbocycles. The molecule has 0 spiro atoms. The lowest BCUT2D eigenvalue weighted by molar-refractivity contribution is 0.0680. The zero-order valence-corrected chi connectivity index (χ0v) is 10.6. The van der Waals surface area contributed by atoms with E-state index in [0.717, 1.165) is 25.9 Å². The van der Waals surface area contributed by atoms with E-state index < -0.39 is 0 Å². The van der Waals surface area contributed by atoms with Crippen molar-refractivity contribution in [2.24, 2.45) is 5.92 Å². The highest BCUT2D eigenvalue weighted by Crippen LogP contribution is 2.25. The van der Waals surface area contributed by atoms with E-state index in [9.17, 15) is 9.90 Å². The summed E-state index contributed by atoms with van der Waals surface area (Å²) in [5, 5.41) is 10.2. The van der Waals surface area contributed by atoms with Crippen molar-refractivity contribution in [1.29, 1.82) is 0 Å². The lowest BCUT2D eigenvalue weighted by atomic mass is 9.99. The number of hydrogen-bond acceptors (Lipinski definition) is 2. The summed E-state index contributed by atoms with van der Waals surface area (Å²) in [6.45, 7) is 3.65. The van der Waals surface area contributed by atoms with Crippen LogP contribution in [0, 0.1) is 5.92 Å². The number of benzene rings is 1. The fourth-order valence-corrected chi connectivity index (χ4v) is 2.40. The van der Waals surface area contributed by atoms with Crippen molar-refractivity contribution in [3.05, 3.63) is 28.8 Å². The van der Waals surface area contributed by atoms with Gasteiger partial charge in [-0.05, 0) is 37.0 Å². The third-order valence-corrected chi connectivity index (χ3v) is 3.37. The Morgan fingerprint density at radius 2 is 2.29 bits per heavy atom. The van der Waals surface area contributed by atoms with Crippen LogP contribution in [-0.4, -0.2) is 29.0 Å². The molecule has 92 valence electrons. The molecule has 4 heteroatoms. The summed E-state index contributed by atoms with van der Waals surface area (Å²) in [6.07, 6.45) is 2.18. The van der Waals surface area contributed by atoms with Gasteiger partial charge in [0.25, 0.3) is 5.91 Å². The Hall–Kier alpha value is -1.22. The highest BCUT2D eigenvalue weighted by molar-refractivity contribution is 6.31. The summed E-state index contributed by atoms with van der Waals surface area (Å²) in [7, 11) is 0. The SMILES string of the molecule is C[C@H]1CCCN(C(=O)c2cc(Cl)ccc2O)C1. The number of likely N-dealkylation sites (tertiary alicyclic amines) is 1. The molecule has 0 unspecified atom stereocenters. The molecule has 1 atom stereocenters. The van der Waals surface area contributed by atoms with Crippen molar-refractivity contribution < 1.29 is 9.90 Å². The molecule has 1 aromatic rings. The number of phenolic OH excluding ortho intramolecular Hbond substituents is 1. The van der Waals surface area contributed by atoms with Gasteiger partial charge in [0.15, 0.2) is 0 Å². The molecule has 1 fully saturated rings. The zero-order valence-electron chi connectivity index (χ0n) is 9.82. The topological polar surface area (TPSA) is 40.5 Å². The molecular formula is C13H16ClNO2. The lowest BCUT2D eigenvalue weighted by Crippen LogP contribution is -2.39. The Bertz CT molecular complexity index is 433. The number of carbonyl (C=O) groups is 1. The summed E-state index contributed by atoms with van der Waals surface area (Å²) < 4.78 is 0. The Morgan fingerprint density at radius 1 is 1.53 bits per heavy atom. The minimum Gasteiger partial charge on any atom is -0.507 e. The second-order valence-corrected chi connectivity index (χ2v) is 5.10. The van der Waals surface area contributed by atoms with E-state index in [-0.39, 0.29) is 11.7 Å². The fourth-order valence-electron chi connectivity index (χ4n) is 2.22. The number of aromatic hydroxyl groups is 1. The molecule has 1 amide bonds. The number of nitrogens with zero attached hydrogens (tertiary/aromatic N) is 1. The van der Waals surface area contributed by atoms with Gasteiger partial charge in [-0.15, -0.1) is 0 Å². The van der Waals surface area contributed by atoms with Crippen molar-refractivity contribution in [2.75, 3.05) is 13.1 Å². The summed E-state index contributed by atoms with van der Waals surface area (Å²) in [5.41, 5.74) is 0.298. The van der Waals surface area contributed by atoms with Crippen molar-refractivity contribution in [3.8, 4) is 5.75 Å². The Labute approximate surface area is 106 Å². The maximum Gasteiger partial charge on any atom is 0.257 e. The average Bonchev–Trinajstić information content (AvgIpc) is 2.31. The molecule has 0 aliphatic carbocycles. The molecule has 1 aliphatic rings. The van der Waals surface area contributed by atoms with Gasteiger partial charge < -0.3 is 10.0 Å². The first-order valence-corrected chi connectivity index (χ1v) is 6.23. The second-order valence-electron chi connectivity index (χ2n) is 4.66. The van der Waals surface area contributed by atoms with E-state index in [1.54, 1.807) is 11.0 Å². The van der Waals surface area contributed by atoms with Gasteiger partial charge >= 0.3 is 0 Å². The van der Waals surface area contributed by atoms with Crippen molar-refractivity contribution in [3.63, 3.8) is 0 Å².